The number of pyridine rings is 1. The Morgan fingerprint density at radius 2 is 1.27 bits per heavy atom. The first-order valence-electron chi connectivity index (χ1n) is 17.8. The number of para-hydroxylation sites is 2. The maximum Gasteiger partial charge on any atom is 0.0991 e. The summed E-state index contributed by atoms with van der Waals surface area (Å²) in [6.07, 6.45) is 0. The molecule has 0 saturated heterocycles. The van der Waals surface area contributed by atoms with E-state index in [1.165, 1.54) is 38.5 Å². The van der Waals surface area contributed by atoms with Gasteiger partial charge in [-0.15, -0.1) is 0 Å². The molecule has 7 aromatic carbocycles. The van der Waals surface area contributed by atoms with Gasteiger partial charge in [0.15, 0.2) is 0 Å². The first kappa shape index (κ1) is 30.1. The van der Waals surface area contributed by atoms with E-state index in [9.17, 15) is 5.26 Å². The normalized spacial score (nSPS) is 12.9. The molecule has 0 atom stereocenters. The van der Waals surface area contributed by atoms with Crippen LogP contribution in [0.3, 0.4) is 0 Å². The van der Waals surface area contributed by atoms with Gasteiger partial charge in [0.25, 0.3) is 0 Å². The Kier molecular flexibility index (Phi) is 6.59. The Morgan fingerprint density at radius 1 is 0.538 bits per heavy atom. The molecule has 0 aliphatic heterocycles. The van der Waals surface area contributed by atoms with Gasteiger partial charge in [-0.2, -0.15) is 5.26 Å². The van der Waals surface area contributed by atoms with Crippen LogP contribution in [0.5, 0.6) is 0 Å². The minimum atomic E-state index is -0.0962. The molecule has 0 unspecified atom stereocenters. The molecular formula is C49H33N3. The maximum absolute atomic E-state index is 9.86. The van der Waals surface area contributed by atoms with E-state index in [1.54, 1.807) is 0 Å². The summed E-state index contributed by atoms with van der Waals surface area (Å²) in [5.74, 6) is 0. The van der Waals surface area contributed by atoms with Gasteiger partial charge >= 0.3 is 0 Å². The molecule has 0 N–H and O–H groups in total. The minimum Gasteiger partial charge on any atom is -0.309 e. The first-order valence-corrected chi connectivity index (χ1v) is 17.8. The summed E-state index contributed by atoms with van der Waals surface area (Å²) >= 11 is 0. The molecule has 0 spiro atoms. The lowest BCUT2D eigenvalue weighted by atomic mass is 9.82. The standard InChI is InChI=1S/C49H33N3/c1-49(2)41-20-9-6-18-38(41)47-42(49)23-24-46-48(47)39-19-8-11-22-45(39)52(46)36-27-34(33-16-12-13-31(25-33)30-50)26-35(28-36)40-29-44(32-14-4-3-5-15-32)51-43-21-10-7-17-37(40)43/h3-29H,1-2H3. The van der Waals surface area contributed by atoms with Gasteiger partial charge in [0, 0.05) is 32.8 Å². The predicted molar refractivity (Wildman–Crippen MR) is 215 cm³/mol. The van der Waals surface area contributed by atoms with Crippen LogP contribution in [0.4, 0.5) is 0 Å². The van der Waals surface area contributed by atoms with Crippen LogP contribution in [0.25, 0.3) is 83.0 Å². The summed E-state index contributed by atoms with van der Waals surface area (Å²) in [5.41, 5.74) is 16.5. The average Bonchev–Trinajstić information content (AvgIpc) is 3.66. The molecule has 9 aromatic rings. The Hall–Kier alpha value is -6.76. The van der Waals surface area contributed by atoms with E-state index in [2.05, 4.69) is 164 Å². The van der Waals surface area contributed by atoms with Gasteiger partial charge in [-0.05, 0) is 99.1 Å². The fourth-order valence-corrected chi connectivity index (χ4v) is 8.53. The summed E-state index contributed by atoms with van der Waals surface area (Å²) in [5, 5.41) is 13.5. The van der Waals surface area contributed by atoms with Crippen LogP contribution in [-0.2, 0) is 5.41 Å². The molecule has 52 heavy (non-hydrogen) atoms. The third-order valence-electron chi connectivity index (χ3n) is 11.0. The highest BCUT2D eigenvalue weighted by Crippen LogP contribution is 2.53. The van der Waals surface area contributed by atoms with E-state index >= 15 is 0 Å². The van der Waals surface area contributed by atoms with Crippen molar-refractivity contribution >= 4 is 32.7 Å². The van der Waals surface area contributed by atoms with Gasteiger partial charge in [0.05, 0.1) is 33.9 Å². The summed E-state index contributed by atoms with van der Waals surface area (Å²) < 4.78 is 2.43. The number of hydrogen-bond acceptors (Lipinski definition) is 2. The summed E-state index contributed by atoms with van der Waals surface area (Å²) in [4.78, 5) is 5.11. The van der Waals surface area contributed by atoms with Gasteiger partial charge in [0.2, 0.25) is 0 Å². The zero-order valence-electron chi connectivity index (χ0n) is 28.9. The molecule has 1 aliphatic carbocycles. The number of nitrogens with zero attached hydrogens (tertiary/aromatic N) is 3. The zero-order chi connectivity index (χ0) is 35.0. The van der Waals surface area contributed by atoms with Crippen LogP contribution in [0.15, 0.2) is 164 Å². The Morgan fingerprint density at radius 3 is 2.13 bits per heavy atom. The molecule has 0 radical (unpaired) electrons. The summed E-state index contributed by atoms with van der Waals surface area (Å²) in [7, 11) is 0. The van der Waals surface area contributed by atoms with Crippen LogP contribution in [-0.4, -0.2) is 9.55 Å². The van der Waals surface area contributed by atoms with E-state index in [0.29, 0.717) is 5.56 Å². The number of fused-ring (bicyclic) bond motifs is 8. The number of rotatable bonds is 4. The lowest BCUT2D eigenvalue weighted by Crippen LogP contribution is -2.14. The van der Waals surface area contributed by atoms with Gasteiger partial charge in [-0.25, -0.2) is 4.98 Å². The molecule has 1 aliphatic rings. The SMILES string of the molecule is CC1(C)c2ccccc2-c2c1ccc1c2c2ccccc2n1-c1cc(-c2cccc(C#N)c2)cc(-c2cc(-c3ccccc3)nc3ccccc23)c1. The Bertz CT molecular complexity index is 2940. The van der Waals surface area contributed by atoms with Crippen LogP contribution in [0, 0.1) is 11.3 Å². The van der Waals surface area contributed by atoms with E-state index in [-0.39, 0.29) is 5.41 Å². The molecule has 0 bridgehead atoms. The van der Waals surface area contributed by atoms with Crippen molar-refractivity contribution in [3.63, 3.8) is 0 Å². The Labute approximate surface area is 302 Å². The maximum atomic E-state index is 9.86. The topological polar surface area (TPSA) is 41.6 Å². The van der Waals surface area contributed by atoms with Gasteiger partial charge in [-0.3, -0.25) is 0 Å². The lowest BCUT2D eigenvalue weighted by Gasteiger charge is -2.21. The Balaban J connectivity index is 1.31. The van der Waals surface area contributed by atoms with Gasteiger partial charge < -0.3 is 4.57 Å². The largest absolute Gasteiger partial charge is 0.309 e. The second-order valence-electron chi connectivity index (χ2n) is 14.3. The number of hydrogen-bond donors (Lipinski definition) is 0. The molecule has 10 rings (SSSR count). The van der Waals surface area contributed by atoms with Crippen molar-refractivity contribution in [1.82, 2.24) is 9.55 Å². The van der Waals surface area contributed by atoms with E-state index in [0.717, 1.165) is 55.6 Å². The number of nitriles is 1. The monoisotopic (exact) mass is 663 g/mol. The van der Waals surface area contributed by atoms with Gasteiger partial charge in [-0.1, -0.05) is 123 Å². The highest BCUT2D eigenvalue weighted by molar-refractivity contribution is 6.18. The molecule has 0 amide bonds. The first-order chi connectivity index (χ1) is 25.5. The summed E-state index contributed by atoms with van der Waals surface area (Å²) in [6.45, 7) is 4.69. The molecule has 244 valence electrons. The van der Waals surface area contributed by atoms with Crippen molar-refractivity contribution in [3.8, 4) is 56.4 Å². The van der Waals surface area contributed by atoms with Crippen molar-refractivity contribution in [3.05, 3.63) is 180 Å². The third kappa shape index (κ3) is 4.48. The smallest absolute Gasteiger partial charge is 0.0991 e. The number of aromatic nitrogens is 2. The van der Waals surface area contributed by atoms with Crippen LogP contribution < -0.4 is 0 Å². The van der Waals surface area contributed by atoms with Crippen molar-refractivity contribution in [2.75, 3.05) is 0 Å². The average molecular weight is 664 g/mol. The van der Waals surface area contributed by atoms with E-state index < -0.39 is 0 Å². The van der Waals surface area contributed by atoms with Crippen molar-refractivity contribution in [1.29, 1.82) is 5.26 Å². The molecule has 2 aromatic heterocycles. The molecule has 3 nitrogen and oxygen atoms in total. The quantitative estimate of drug-likeness (QED) is 0.188. The van der Waals surface area contributed by atoms with Crippen LogP contribution in [0.1, 0.15) is 30.5 Å². The highest BCUT2D eigenvalue weighted by atomic mass is 15.0. The van der Waals surface area contributed by atoms with Crippen molar-refractivity contribution in [2.24, 2.45) is 0 Å². The van der Waals surface area contributed by atoms with Gasteiger partial charge in [0.1, 0.15) is 0 Å². The minimum absolute atomic E-state index is 0.0962. The van der Waals surface area contributed by atoms with Crippen LogP contribution >= 0.6 is 0 Å². The molecule has 0 fully saturated rings. The zero-order valence-corrected chi connectivity index (χ0v) is 28.9. The molecule has 0 saturated carbocycles. The molecule has 2 heterocycles. The fourth-order valence-electron chi connectivity index (χ4n) is 8.53. The lowest BCUT2D eigenvalue weighted by molar-refractivity contribution is 0.661. The van der Waals surface area contributed by atoms with Crippen molar-refractivity contribution < 1.29 is 0 Å². The van der Waals surface area contributed by atoms with E-state index in [1.807, 2.05) is 24.3 Å². The summed E-state index contributed by atoms with van der Waals surface area (Å²) in [6, 6.07) is 60.5. The molecular weight excluding hydrogens is 631 g/mol. The van der Waals surface area contributed by atoms with E-state index in [4.69, 9.17) is 4.98 Å². The van der Waals surface area contributed by atoms with Crippen molar-refractivity contribution in [2.45, 2.75) is 19.3 Å². The second kappa shape index (κ2) is 11.4. The highest BCUT2D eigenvalue weighted by Gasteiger charge is 2.37. The fraction of sp³-hybridized carbons (Fsp3) is 0.0612. The number of benzene rings is 7. The van der Waals surface area contributed by atoms with Crippen LogP contribution in [0.2, 0.25) is 0 Å². The molecule has 3 heteroatoms. The predicted octanol–water partition coefficient (Wildman–Crippen LogP) is 12.5. The second-order valence-corrected chi connectivity index (χ2v) is 14.3. The third-order valence-corrected chi connectivity index (χ3v) is 11.0.